The molecule has 0 aliphatic carbocycles. The van der Waals surface area contributed by atoms with E-state index in [4.69, 9.17) is 9.47 Å². The Labute approximate surface area is 145 Å². The molecule has 0 spiro atoms. The van der Waals surface area contributed by atoms with E-state index in [0.717, 1.165) is 25.8 Å². The van der Waals surface area contributed by atoms with Gasteiger partial charge < -0.3 is 14.4 Å². The number of aryl methyl sites for hydroxylation is 2. The number of amides is 1. The number of hydrogen-bond donors (Lipinski definition) is 0. The Morgan fingerprint density at radius 2 is 2.28 bits per heavy atom. The second kappa shape index (κ2) is 6.70. The Kier molecular flexibility index (Phi) is 4.25. The summed E-state index contributed by atoms with van der Waals surface area (Å²) in [6, 6.07) is 1.75. The van der Waals surface area contributed by atoms with Crippen LogP contribution in [0.4, 0.5) is 0 Å². The molecule has 25 heavy (non-hydrogen) atoms. The van der Waals surface area contributed by atoms with E-state index in [-0.39, 0.29) is 12.0 Å². The Morgan fingerprint density at radius 1 is 1.36 bits per heavy atom. The summed E-state index contributed by atoms with van der Waals surface area (Å²) < 4.78 is 13.4. The lowest BCUT2D eigenvalue weighted by atomic mass is 10.1. The van der Waals surface area contributed by atoms with Crippen LogP contribution in [-0.2, 0) is 6.54 Å². The van der Waals surface area contributed by atoms with Crippen molar-refractivity contribution < 1.29 is 14.3 Å². The summed E-state index contributed by atoms with van der Waals surface area (Å²) >= 11 is 0. The number of fused-ring (bicyclic) bond motifs is 1. The van der Waals surface area contributed by atoms with Crippen molar-refractivity contribution in [2.24, 2.45) is 0 Å². The van der Waals surface area contributed by atoms with Gasteiger partial charge in [-0.15, -0.1) is 0 Å². The molecule has 2 aliphatic heterocycles. The normalized spacial score (nSPS) is 19.9. The van der Waals surface area contributed by atoms with Gasteiger partial charge in [-0.05, 0) is 19.8 Å². The number of rotatable bonds is 3. The lowest BCUT2D eigenvalue weighted by molar-refractivity contribution is 0.0521. The molecular weight excluding hydrogens is 322 g/mol. The van der Waals surface area contributed by atoms with Crippen LogP contribution in [0.25, 0.3) is 0 Å². The van der Waals surface area contributed by atoms with Gasteiger partial charge in [-0.1, -0.05) is 0 Å². The summed E-state index contributed by atoms with van der Waals surface area (Å²) in [5.41, 5.74) is 0.540. The number of hydrogen-bond acceptors (Lipinski definition) is 6. The van der Waals surface area contributed by atoms with Crippen LogP contribution in [0.5, 0.6) is 11.8 Å². The summed E-state index contributed by atoms with van der Waals surface area (Å²) in [5.74, 6) is 1.77. The highest BCUT2D eigenvalue weighted by molar-refractivity contribution is 5.96. The molecule has 1 atom stereocenters. The van der Waals surface area contributed by atoms with E-state index in [9.17, 15) is 4.79 Å². The van der Waals surface area contributed by atoms with Gasteiger partial charge in [0.25, 0.3) is 5.91 Å². The summed E-state index contributed by atoms with van der Waals surface area (Å²) in [6.07, 6.45) is 5.93. The predicted molar refractivity (Wildman–Crippen MR) is 88.7 cm³/mol. The van der Waals surface area contributed by atoms with E-state index in [1.165, 1.54) is 0 Å². The fourth-order valence-electron chi connectivity index (χ4n) is 3.28. The number of nitrogens with zero attached hydrogens (tertiary/aromatic N) is 5. The van der Waals surface area contributed by atoms with Crippen molar-refractivity contribution in [1.29, 1.82) is 0 Å². The SMILES string of the molecule is Cc1nccc(OC2CCCN(C(=O)c3cnn4c3OCCC4)C2)n1. The van der Waals surface area contributed by atoms with Gasteiger partial charge in [-0.2, -0.15) is 10.1 Å². The van der Waals surface area contributed by atoms with Crippen LogP contribution in [0.1, 0.15) is 35.4 Å². The van der Waals surface area contributed by atoms with E-state index < -0.39 is 0 Å². The monoisotopic (exact) mass is 343 g/mol. The fourth-order valence-corrected chi connectivity index (χ4v) is 3.28. The first-order valence-electron chi connectivity index (χ1n) is 8.65. The first-order chi connectivity index (χ1) is 12.2. The van der Waals surface area contributed by atoms with Gasteiger partial charge in [0.15, 0.2) is 0 Å². The average molecular weight is 343 g/mol. The Bertz CT molecular complexity index is 775. The number of carbonyl (C=O) groups is 1. The topological polar surface area (TPSA) is 82.4 Å². The van der Waals surface area contributed by atoms with Crippen molar-refractivity contribution in [3.63, 3.8) is 0 Å². The Balaban J connectivity index is 1.45. The minimum Gasteiger partial charge on any atom is -0.477 e. The third-order valence-electron chi connectivity index (χ3n) is 4.48. The number of aromatic nitrogens is 4. The molecule has 0 radical (unpaired) electrons. The molecule has 2 aliphatic rings. The summed E-state index contributed by atoms with van der Waals surface area (Å²) in [5, 5.41) is 4.27. The highest BCUT2D eigenvalue weighted by atomic mass is 16.5. The molecule has 1 unspecified atom stereocenters. The number of ether oxygens (including phenoxy) is 2. The summed E-state index contributed by atoms with van der Waals surface area (Å²) in [6.45, 7) is 4.50. The molecule has 1 amide bonds. The van der Waals surface area contributed by atoms with Crippen LogP contribution in [0.15, 0.2) is 18.5 Å². The van der Waals surface area contributed by atoms with E-state index in [0.29, 0.717) is 42.8 Å². The molecule has 132 valence electrons. The lowest BCUT2D eigenvalue weighted by Gasteiger charge is -2.32. The predicted octanol–water partition coefficient (Wildman–Crippen LogP) is 1.45. The van der Waals surface area contributed by atoms with Crippen LogP contribution in [-0.4, -0.2) is 56.4 Å². The summed E-state index contributed by atoms with van der Waals surface area (Å²) in [4.78, 5) is 23.1. The third-order valence-corrected chi connectivity index (χ3v) is 4.48. The largest absolute Gasteiger partial charge is 0.477 e. The zero-order valence-electron chi connectivity index (χ0n) is 14.2. The molecule has 8 nitrogen and oxygen atoms in total. The number of piperidine rings is 1. The molecule has 0 aromatic carbocycles. The van der Waals surface area contributed by atoms with Gasteiger partial charge >= 0.3 is 0 Å². The maximum absolute atomic E-state index is 12.9. The highest BCUT2D eigenvalue weighted by Gasteiger charge is 2.30. The molecule has 0 N–H and O–H groups in total. The molecular formula is C17H21N5O3. The quantitative estimate of drug-likeness (QED) is 0.839. The zero-order chi connectivity index (χ0) is 17.2. The van der Waals surface area contributed by atoms with Crippen LogP contribution in [0.2, 0.25) is 0 Å². The minimum atomic E-state index is -0.0701. The maximum Gasteiger partial charge on any atom is 0.261 e. The van der Waals surface area contributed by atoms with Crippen molar-refractivity contribution in [3.8, 4) is 11.8 Å². The van der Waals surface area contributed by atoms with Crippen LogP contribution in [0, 0.1) is 6.92 Å². The van der Waals surface area contributed by atoms with E-state index in [2.05, 4.69) is 15.1 Å². The van der Waals surface area contributed by atoms with Crippen molar-refractivity contribution in [3.05, 3.63) is 29.8 Å². The van der Waals surface area contributed by atoms with Gasteiger partial charge in [-0.25, -0.2) is 9.67 Å². The maximum atomic E-state index is 12.9. The zero-order valence-corrected chi connectivity index (χ0v) is 14.2. The highest BCUT2D eigenvalue weighted by Crippen LogP contribution is 2.25. The standard InChI is InChI=1S/C17H21N5O3/c1-12-18-6-5-15(20-12)25-13-4-2-7-21(11-13)16(23)14-10-19-22-8-3-9-24-17(14)22/h5-6,10,13H,2-4,7-9,11H2,1H3. The molecule has 2 aromatic rings. The van der Waals surface area contributed by atoms with Crippen molar-refractivity contribution in [2.75, 3.05) is 19.7 Å². The fraction of sp³-hybridized carbons (Fsp3) is 0.529. The van der Waals surface area contributed by atoms with Crippen molar-refractivity contribution >= 4 is 5.91 Å². The van der Waals surface area contributed by atoms with E-state index in [1.807, 2.05) is 11.8 Å². The molecule has 2 aromatic heterocycles. The molecule has 8 heteroatoms. The molecule has 4 heterocycles. The average Bonchev–Trinajstić information content (AvgIpc) is 3.05. The number of likely N-dealkylation sites (tertiary alicyclic amines) is 1. The first kappa shape index (κ1) is 15.9. The van der Waals surface area contributed by atoms with Gasteiger partial charge in [0, 0.05) is 31.8 Å². The van der Waals surface area contributed by atoms with Gasteiger partial charge in [0.2, 0.25) is 11.8 Å². The van der Waals surface area contributed by atoms with E-state index >= 15 is 0 Å². The smallest absolute Gasteiger partial charge is 0.261 e. The number of carbonyl (C=O) groups excluding carboxylic acids is 1. The van der Waals surface area contributed by atoms with Crippen LogP contribution in [0.3, 0.4) is 0 Å². The van der Waals surface area contributed by atoms with Crippen molar-refractivity contribution in [2.45, 2.75) is 38.8 Å². The summed E-state index contributed by atoms with van der Waals surface area (Å²) in [7, 11) is 0. The van der Waals surface area contributed by atoms with Gasteiger partial charge in [0.05, 0.1) is 19.3 Å². The molecule has 0 bridgehead atoms. The van der Waals surface area contributed by atoms with Gasteiger partial charge in [0.1, 0.15) is 17.5 Å². The van der Waals surface area contributed by atoms with Gasteiger partial charge in [-0.3, -0.25) is 4.79 Å². The third kappa shape index (κ3) is 3.29. The molecule has 0 saturated carbocycles. The molecule has 4 rings (SSSR count). The Morgan fingerprint density at radius 3 is 3.16 bits per heavy atom. The lowest BCUT2D eigenvalue weighted by Crippen LogP contribution is -2.44. The first-order valence-corrected chi connectivity index (χ1v) is 8.65. The molecule has 1 saturated heterocycles. The van der Waals surface area contributed by atoms with Crippen molar-refractivity contribution in [1.82, 2.24) is 24.6 Å². The second-order valence-corrected chi connectivity index (χ2v) is 6.36. The second-order valence-electron chi connectivity index (χ2n) is 6.36. The van der Waals surface area contributed by atoms with E-state index in [1.54, 1.807) is 23.1 Å². The Hall–Kier alpha value is -2.64. The van der Waals surface area contributed by atoms with Crippen LogP contribution < -0.4 is 9.47 Å². The van der Waals surface area contributed by atoms with Crippen LogP contribution >= 0.6 is 0 Å². The minimum absolute atomic E-state index is 0.0460. The molecule has 1 fully saturated rings.